The molecule has 0 aliphatic carbocycles. The maximum atomic E-state index is 13.4. The third-order valence-electron chi connectivity index (χ3n) is 6.28. The molecule has 2 aliphatic rings. The summed E-state index contributed by atoms with van der Waals surface area (Å²) in [6, 6.07) is 9.29. The van der Waals surface area contributed by atoms with Crippen molar-refractivity contribution in [2.75, 3.05) is 44.8 Å². The second-order valence-corrected chi connectivity index (χ2v) is 9.39. The zero-order valence-electron chi connectivity index (χ0n) is 18.6. The van der Waals surface area contributed by atoms with Crippen LogP contribution in [0, 0.1) is 6.92 Å². The van der Waals surface area contributed by atoms with Gasteiger partial charge in [-0.15, -0.1) is 0 Å². The minimum atomic E-state index is -0.198. The molecule has 0 unspecified atom stereocenters. The largest absolute Gasteiger partial charge is 0.496 e. The smallest absolute Gasteiger partial charge is 0.259 e. The first kappa shape index (κ1) is 22.5. The number of carbonyl (C=O) groups is 2. The van der Waals surface area contributed by atoms with E-state index in [4.69, 9.17) is 4.74 Å². The van der Waals surface area contributed by atoms with Crippen molar-refractivity contribution in [2.24, 2.45) is 0 Å². The Balaban J connectivity index is 1.60. The Morgan fingerprint density at radius 2 is 1.78 bits per heavy atom. The van der Waals surface area contributed by atoms with Crippen LogP contribution >= 0.6 is 11.8 Å². The number of ether oxygens (including phenoxy) is 1. The standard InChI is InChI=1S/C24H29N3O4S/c1-17-5-3-4-6-18(17)15-21(28)25-8-7-19-23(24(30)26-11-13-32-14-12-26)20(31-2)16-22(29)27(19)10-9-25/h3-6,16H,7-15H2,1-2H3. The average molecular weight is 456 g/mol. The van der Waals surface area contributed by atoms with Crippen LogP contribution in [-0.4, -0.2) is 71.0 Å². The molecule has 0 spiro atoms. The molecule has 2 aliphatic heterocycles. The predicted molar refractivity (Wildman–Crippen MR) is 126 cm³/mol. The number of fused-ring (bicyclic) bond motifs is 1. The molecule has 1 fully saturated rings. The first-order chi connectivity index (χ1) is 15.5. The van der Waals surface area contributed by atoms with Crippen molar-refractivity contribution in [1.82, 2.24) is 14.4 Å². The van der Waals surface area contributed by atoms with Gasteiger partial charge >= 0.3 is 0 Å². The molecular weight excluding hydrogens is 426 g/mol. The lowest BCUT2D eigenvalue weighted by Crippen LogP contribution is -2.39. The summed E-state index contributed by atoms with van der Waals surface area (Å²) in [6.07, 6.45) is 0.772. The van der Waals surface area contributed by atoms with Gasteiger partial charge in [0.05, 0.1) is 13.5 Å². The maximum Gasteiger partial charge on any atom is 0.259 e. The fraction of sp³-hybridized carbons (Fsp3) is 0.458. The van der Waals surface area contributed by atoms with Crippen molar-refractivity contribution < 1.29 is 14.3 Å². The lowest BCUT2D eigenvalue weighted by molar-refractivity contribution is -0.130. The van der Waals surface area contributed by atoms with Crippen LogP contribution in [0.1, 0.15) is 27.2 Å². The van der Waals surface area contributed by atoms with Crippen molar-refractivity contribution in [3.05, 3.63) is 63.1 Å². The summed E-state index contributed by atoms with van der Waals surface area (Å²) in [5, 5.41) is 0. The van der Waals surface area contributed by atoms with Crippen molar-refractivity contribution in [3.63, 3.8) is 0 Å². The molecule has 2 amide bonds. The zero-order valence-corrected chi connectivity index (χ0v) is 19.5. The molecule has 8 heteroatoms. The lowest BCUT2D eigenvalue weighted by atomic mass is 10.0. The molecule has 1 saturated heterocycles. The van der Waals surface area contributed by atoms with Gasteiger partial charge in [-0.25, -0.2) is 0 Å². The number of hydrogen-bond donors (Lipinski definition) is 0. The number of amides is 2. The van der Waals surface area contributed by atoms with E-state index >= 15 is 0 Å². The Kier molecular flexibility index (Phi) is 6.89. The highest BCUT2D eigenvalue weighted by Gasteiger charge is 2.29. The summed E-state index contributed by atoms with van der Waals surface area (Å²) in [5.41, 5.74) is 3.04. The van der Waals surface area contributed by atoms with Crippen LogP contribution in [0.2, 0.25) is 0 Å². The summed E-state index contributed by atoms with van der Waals surface area (Å²) in [7, 11) is 1.49. The fourth-order valence-corrected chi connectivity index (χ4v) is 5.30. The second kappa shape index (κ2) is 9.81. The highest BCUT2D eigenvalue weighted by Crippen LogP contribution is 2.26. The molecule has 1 aromatic carbocycles. The van der Waals surface area contributed by atoms with Gasteiger partial charge in [0.2, 0.25) is 5.91 Å². The Labute approximate surface area is 192 Å². The molecule has 32 heavy (non-hydrogen) atoms. The van der Waals surface area contributed by atoms with Crippen LogP contribution in [0.5, 0.6) is 5.75 Å². The highest BCUT2D eigenvalue weighted by atomic mass is 32.2. The van der Waals surface area contributed by atoms with E-state index in [0.717, 1.165) is 22.6 Å². The van der Waals surface area contributed by atoms with E-state index in [0.29, 0.717) is 62.6 Å². The molecule has 0 radical (unpaired) electrons. The maximum absolute atomic E-state index is 13.4. The second-order valence-electron chi connectivity index (χ2n) is 8.16. The SMILES string of the molecule is COc1cc(=O)n2c(c1C(=O)N1CCSCC1)CCN(C(=O)Cc1ccccc1C)CC2. The Bertz CT molecular complexity index is 1080. The van der Waals surface area contributed by atoms with Gasteiger partial charge in [-0.05, 0) is 18.1 Å². The number of aromatic nitrogens is 1. The quantitative estimate of drug-likeness (QED) is 0.705. The lowest BCUT2D eigenvalue weighted by Gasteiger charge is -2.28. The summed E-state index contributed by atoms with van der Waals surface area (Å²) >= 11 is 1.84. The summed E-state index contributed by atoms with van der Waals surface area (Å²) in [5.74, 6) is 2.08. The fourth-order valence-electron chi connectivity index (χ4n) is 4.40. The van der Waals surface area contributed by atoms with E-state index in [2.05, 4.69) is 0 Å². The minimum Gasteiger partial charge on any atom is -0.496 e. The van der Waals surface area contributed by atoms with E-state index in [1.807, 2.05) is 47.9 Å². The first-order valence-electron chi connectivity index (χ1n) is 11.0. The highest BCUT2D eigenvalue weighted by molar-refractivity contribution is 7.99. The van der Waals surface area contributed by atoms with E-state index < -0.39 is 0 Å². The van der Waals surface area contributed by atoms with Gasteiger partial charge in [0, 0.05) is 62.4 Å². The molecule has 7 nitrogen and oxygen atoms in total. The monoisotopic (exact) mass is 455 g/mol. The number of thioether (sulfide) groups is 1. The number of nitrogens with zero attached hydrogens (tertiary/aromatic N) is 3. The van der Waals surface area contributed by atoms with Crippen molar-refractivity contribution in [2.45, 2.75) is 26.3 Å². The molecule has 2 aromatic rings. The van der Waals surface area contributed by atoms with E-state index in [1.165, 1.54) is 13.2 Å². The molecule has 0 N–H and O–H groups in total. The van der Waals surface area contributed by atoms with Gasteiger partial charge in [0.1, 0.15) is 11.3 Å². The molecule has 3 heterocycles. The van der Waals surface area contributed by atoms with Crippen LogP contribution in [-0.2, 0) is 24.2 Å². The molecule has 170 valence electrons. The number of benzene rings is 1. The van der Waals surface area contributed by atoms with Crippen LogP contribution in [0.4, 0.5) is 0 Å². The van der Waals surface area contributed by atoms with E-state index in [9.17, 15) is 14.4 Å². The predicted octanol–water partition coefficient (Wildman–Crippen LogP) is 1.98. The molecule has 0 atom stereocenters. The van der Waals surface area contributed by atoms with E-state index in [1.54, 1.807) is 9.47 Å². The Morgan fingerprint density at radius 3 is 2.50 bits per heavy atom. The zero-order chi connectivity index (χ0) is 22.7. The van der Waals surface area contributed by atoms with Gasteiger partial charge in [-0.1, -0.05) is 24.3 Å². The average Bonchev–Trinajstić information content (AvgIpc) is 3.04. The topological polar surface area (TPSA) is 71.8 Å². The minimum absolute atomic E-state index is 0.0352. The van der Waals surface area contributed by atoms with Gasteiger partial charge in [0.15, 0.2) is 0 Å². The van der Waals surface area contributed by atoms with Crippen molar-refractivity contribution in [1.29, 1.82) is 0 Å². The normalized spacial score (nSPS) is 16.3. The third-order valence-corrected chi connectivity index (χ3v) is 7.22. The van der Waals surface area contributed by atoms with Crippen LogP contribution in [0.25, 0.3) is 0 Å². The van der Waals surface area contributed by atoms with Crippen LogP contribution in [0.15, 0.2) is 35.1 Å². The molecule has 4 rings (SSSR count). The summed E-state index contributed by atoms with van der Waals surface area (Å²) in [6.45, 7) is 4.65. The Morgan fingerprint density at radius 1 is 1.03 bits per heavy atom. The van der Waals surface area contributed by atoms with Crippen LogP contribution < -0.4 is 10.3 Å². The Hall–Kier alpha value is -2.74. The number of aryl methyl sites for hydroxylation is 1. The number of rotatable bonds is 4. The molecule has 0 bridgehead atoms. The number of methoxy groups -OCH3 is 1. The van der Waals surface area contributed by atoms with Crippen LogP contribution in [0.3, 0.4) is 0 Å². The summed E-state index contributed by atoms with van der Waals surface area (Å²) < 4.78 is 7.11. The van der Waals surface area contributed by atoms with Crippen molar-refractivity contribution in [3.8, 4) is 5.75 Å². The van der Waals surface area contributed by atoms with Gasteiger partial charge < -0.3 is 19.1 Å². The first-order valence-corrected chi connectivity index (χ1v) is 12.1. The summed E-state index contributed by atoms with van der Waals surface area (Å²) in [4.78, 5) is 42.9. The van der Waals surface area contributed by atoms with Gasteiger partial charge in [0.25, 0.3) is 11.5 Å². The van der Waals surface area contributed by atoms with Gasteiger partial charge in [-0.3, -0.25) is 14.4 Å². The van der Waals surface area contributed by atoms with Crippen molar-refractivity contribution >= 4 is 23.6 Å². The number of carbonyl (C=O) groups excluding carboxylic acids is 2. The molecule has 1 aromatic heterocycles. The third kappa shape index (κ3) is 4.55. The van der Waals surface area contributed by atoms with E-state index in [-0.39, 0.29) is 17.4 Å². The molecule has 0 saturated carbocycles. The van der Waals surface area contributed by atoms with Gasteiger partial charge in [-0.2, -0.15) is 11.8 Å². The number of pyridine rings is 1. The molecular formula is C24H29N3O4S. The number of hydrogen-bond acceptors (Lipinski definition) is 5.